The van der Waals surface area contributed by atoms with Crippen LogP contribution in [0.1, 0.15) is 20.8 Å². The molecule has 0 aromatic rings. The molecule has 2 aliphatic heterocycles. The van der Waals surface area contributed by atoms with Gasteiger partial charge in [-0.3, -0.25) is 9.00 Å². The molecule has 18 heavy (non-hydrogen) atoms. The molecule has 0 aromatic heterocycles. The Hall–Kier alpha value is -0.950. The van der Waals surface area contributed by atoms with Gasteiger partial charge in [-0.05, 0) is 20.8 Å². The van der Waals surface area contributed by atoms with Crippen molar-refractivity contribution in [3.63, 3.8) is 0 Å². The number of nitrogens with zero attached hydrogens (tertiary/aromatic N) is 1. The maximum atomic E-state index is 12.4. The predicted molar refractivity (Wildman–Crippen MR) is 63.8 cm³/mol. The molecule has 2 heterocycles. The number of carbonyl (C=O) groups excluding carboxylic acids is 2. The summed E-state index contributed by atoms with van der Waals surface area (Å²) in [5, 5.41) is 8.98. The molecule has 0 bridgehead atoms. The maximum Gasteiger partial charge on any atom is 0.330 e. The van der Waals surface area contributed by atoms with E-state index < -0.39 is 45.0 Å². The second kappa shape index (κ2) is 4.03. The summed E-state index contributed by atoms with van der Waals surface area (Å²) >= 11 is 0. The zero-order valence-corrected chi connectivity index (χ0v) is 11.6. The van der Waals surface area contributed by atoms with Gasteiger partial charge >= 0.3 is 5.97 Å². The van der Waals surface area contributed by atoms with Crippen LogP contribution >= 0.6 is 0 Å². The van der Waals surface area contributed by atoms with Gasteiger partial charge in [0.05, 0.1) is 34.7 Å². The van der Waals surface area contributed by atoms with E-state index in [1.54, 1.807) is 13.8 Å². The minimum atomic E-state index is -1.40. The highest BCUT2D eigenvalue weighted by Gasteiger charge is 2.68. The molecule has 0 aromatic carbocycles. The molecule has 0 aliphatic carbocycles. The molecule has 0 spiro atoms. The second-order valence-electron chi connectivity index (χ2n) is 5.23. The molecule has 0 radical (unpaired) electrons. The van der Waals surface area contributed by atoms with E-state index in [2.05, 4.69) is 4.74 Å². The van der Waals surface area contributed by atoms with Gasteiger partial charge in [0.2, 0.25) is 5.91 Å². The van der Waals surface area contributed by atoms with Crippen LogP contribution in [0.15, 0.2) is 0 Å². The fourth-order valence-electron chi connectivity index (χ4n) is 2.73. The minimum absolute atomic E-state index is 0.329. The molecule has 0 saturated carbocycles. The SMILES string of the molecule is COC(=O)[C@@H]1N2C(=O)[C@@H]([C@@H](C)O)[C@H]2S(=O)C1(C)C. The molecular formula is C11H17NO5S. The summed E-state index contributed by atoms with van der Waals surface area (Å²) in [5.41, 5.74) is 0. The number of esters is 1. The summed E-state index contributed by atoms with van der Waals surface area (Å²) in [4.78, 5) is 25.1. The monoisotopic (exact) mass is 275 g/mol. The standard InChI is InChI=1S/C11H17NO5S/c1-5(13)6-8(14)12-7(10(15)17-4)11(2,3)18(16)9(6)12/h5-7,9,13H,1-4H3/t5-,6-,7+,9-,18?/m1/s1. The summed E-state index contributed by atoms with van der Waals surface area (Å²) in [5.74, 6) is -1.57. The highest BCUT2D eigenvalue weighted by atomic mass is 32.2. The van der Waals surface area contributed by atoms with Crippen LogP contribution in [0.25, 0.3) is 0 Å². The van der Waals surface area contributed by atoms with Crippen molar-refractivity contribution in [3.05, 3.63) is 0 Å². The van der Waals surface area contributed by atoms with Crippen LogP contribution in [0.4, 0.5) is 0 Å². The fraction of sp³-hybridized carbons (Fsp3) is 0.818. The van der Waals surface area contributed by atoms with Crippen molar-refractivity contribution in [3.8, 4) is 0 Å². The van der Waals surface area contributed by atoms with Crippen LogP contribution < -0.4 is 0 Å². The van der Waals surface area contributed by atoms with Gasteiger partial charge in [-0.25, -0.2) is 4.79 Å². The number of fused-ring (bicyclic) bond motifs is 1. The highest BCUT2D eigenvalue weighted by Crippen LogP contribution is 2.47. The molecule has 1 N–H and O–H groups in total. The molecule has 6 nitrogen and oxygen atoms in total. The van der Waals surface area contributed by atoms with E-state index in [0.717, 1.165) is 0 Å². The number of hydrogen-bond acceptors (Lipinski definition) is 5. The largest absolute Gasteiger partial charge is 0.467 e. The molecule has 7 heteroatoms. The molecule has 1 amide bonds. The van der Waals surface area contributed by atoms with E-state index in [0.29, 0.717) is 0 Å². The first kappa shape index (κ1) is 13.5. The molecule has 102 valence electrons. The van der Waals surface area contributed by atoms with E-state index in [1.165, 1.54) is 18.9 Å². The van der Waals surface area contributed by atoms with Crippen LogP contribution in [-0.2, 0) is 25.1 Å². The number of rotatable bonds is 2. The number of aliphatic hydroxyl groups is 1. The van der Waals surface area contributed by atoms with Crippen molar-refractivity contribution in [2.24, 2.45) is 5.92 Å². The fourth-order valence-corrected chi connectivity index (χ4v) is 4.82. The number of amides is 1. The first-order valence-electron chi connectivity index (χ1n) is 5.74. The normalized spacial score (nSPS) is 38.9. The maximum absolute atomic E-state index is 12.4. The van der Waals surface area contributed by atoms with Crippen LogP contribution in [0.5, 0.6) is 0 Å². The number of carbonyl (C=O) groups is 2. The third-order valence-corrected chi connectivity index (χ3v) is 5.96. The third kappa shape index (κ3) is 1.46. The number of hydrogen-bond donors (Lipinski definition) is 1. The van der Waals surface area contributed by atoms with Gasteiger partial charge in [-0.1, -0.05) is 0 Å². The quantitative estimate of drug-likeness (QED) is 0.529. The Bertz CT molecular complexity index is 433. The molecule has 2 aliphatic rings. The highest BCUT2D eigenvalue weighted by molar-refractivity contribution is 7.87. The van der Waals surface area contributed by atoms with Crippen LogP contribution in [0.2, 0.25) is 0 Å². The lowest BCUT2D eigenvalue weighted by Crippen LogP contribution is -2.65. The van der Waals surface area contributed by atoms with Crippen molar-refractivity contribution >= 4 is 22.7 Å². The molecule has 1 unspecified atom stereocenters. The number of β-lactam (4-membered cyclic amide) rings is 1. The predicted octanol–water partition coefficient (Wildman–Crippen LogP) is -0.766. The zero-order valence-electron chi connectivity index (χ0n) is 10.7. The van der Waals surface area contributed by atoms with Crippen molar-refractivity contribution in [1.82, 2.24) is 4.90 Å². The Kier molecular flexibility index (Phi) is 3.02. The van der Waals surface area contributed by atoms with Crippen LogP contribution in [-0.4, -0.2) is 55.5 Å². The van der Waals surface area contributed by atoms with Gasteiger partial charge in [-0.2, -0.15) is 0 Å². The lowest BCUT2D eigenvalue weighted by molar-refractivity contribution is -0.169. The lowest BCUT2D eigenvalue weighted by atomic mass is 9.88. The number of methoxy groups -OCH3 is 1. The van der Waals surface area contributed by atoms with Crippen LogP contribution in [0.3, 0.4) is 0 Å². The van der Waals surface area contributed by atoms with Gasteiger partial charge in [0.1, 0.15) is 11.4 Å². The lowest BCUT2D eigenvalue weighted by Gasteiger charge is -2.44. The van der Waals surface area contributed by atoms with E-state index in [1.807, 2.05) is 0 Å². The third-order valence-electron chi connectivity index (χ3n) is 3.74. The summed E-state index contributed by atoms with van der Waals surface area (Å²) in [7, 11) is -0.159. The average molecular weight is 275 g/mol. The van der Waals surface area contributed by atoms with Crippen molar-refractivity contribution in [2.75, 3.05) is 7.11 Å². The zero-order chi connectivity index (χ0) is 13.8. The van der Waals surface area contributed by atoms with E-state index in [9.17, 15) is 18.9 Å². The summed E-state index contributed by atoms with van der Waals surface area (Å²) in [6.07, 6.45) is -0.866. The van der Waals surface area contributed by atoms with E-state index in [4.69, 9.17) is 0 Å². The van der Waals surface area contributed by atoms with Gasteiger partial charge in [0.25, 0.3) is 0 Å². The second-order valence-corrected chi connectivity index (χ2v) is 7.36. The Balaban J connectivity index is 2.40. The van der Waals surface area contributed by atoms with Gasteiger partial charge in [0, 0.05) is 0 Å². The summed E-state index contributed by atoms with van der Waals surface area (Å²) in [6.45, 7) is 4.85. The minimum Gasteiger partial charge on any atom is -0.467 e. The van der Waals surface area contributed by atoms with Gasteiger partial charge in [0.15, 0.2) is 0 Å². The summed E-state index contributed by atoms with van der Waals surface area (Å²) < 4.78 is 16.2. The first-order chi connectivity index (χ1) is 8.25. The smallest absolute Gasteiger partial charge is 0.330 e. The Morgan fingerprint density at radius 1 is 1.56 bits per heavy atom. The number of aliphatic hydroxyl groups excluding tert-OH is 1. The first-order valence-corrected chi connectivity index (χ1v) is 6.95. The molecule has 2 rings (SSSR count). The van der Waals surface area contributed by atoms with Gasteiger partial charge < -0.3 is 14.7 Å². The topological polar surface area (TPSA) is 83.9 Å². The molecule has 5 atom stereocenters. The van der Waals surface area contributed by atoms with Crippen LogP contribution in [0, 0.1) is 5.92 Å². The Labute approximate surface area is 108 Å². The van der Waals surface area contributed by atoms with E-state index >= 15 is 0 Å². The Morgan fingerprint density at radius 2 is 2.11 bits per heavy atom. The molecular weight excluding hydrogens is 258 g/mol. The Morgan fingerprint density at radius 3 is 2.56 bits per heavy atom. The summed E-state index contributed by atoms with van der Waals surface area (Å²) in [6, 6.07) is -0.837. The van der Waals surface area contributed by atoms with Crippen molar-refractivity contribution < 1.29 is 23.6 Å². The number of ether oxygens (including phenoxy) is 1. The van der Waals surface area contributed by atoms with Gasteiger partial charge in [-0.15, -0.1) is 0 Å². The average Bonchev–Trinajstić information content (AvgIpc) is 2.45. The van der Waals surface area contributed by atoms with Crippen molar-refractivity contribution in [2.45, 2.75) is 43.0 Å². The molecule has 2 saturated heterocycles. The van der Waals surface area contributed by atoms with Crippen molar-refractivity contribution in [1.29, 1.82) is 0 Å². The molecule has 2 fully saturated rings. The van der Waals surface area contributed by atoms with E-state index in [-0.39, 0.29) is 5.91 Å².